The van der Waals surface area contributed by atoms with E-state index in [4.69, 9.17) is 5.73 Å². The third-order valence-corrected chi connectivity index (χ3v) is 3.94. The van der Waals surface area contributed by atoms with Crippen molar-refractivity contribution in [3.63, 3.8) is 0 Å². The molecule has 4 heteroatoms. The molecular formula is C17H17FN2O. The van der Waals surface area contributed by atoms with Crippen molar-refractivity contribution in [2.45, 2.75) is 25.4 Å². The summed E-state index contributed by atoms with van der Waals surface area (Å²) in [5.74, 6) is -0.470. The van der Waals surface area contributed by atoms with Gasteiger partial charge < -0.3 is 10.6 Å². The number of hydrogen-bond donors (Lipinski definition) is 1. The van der Waals surface area contributed by atoms with Gasteiger partial charge in [0.15, 0.2) is 0 Å². The first-order chi connectivity index (χ1) is 10.1. The number of halogens is 1. The van der Waals surface area contributed by atoms with Gasteiger partial charge in [-0.15, -0.1) is 0 Å². The third kappa shape index (κ3) is 2.43. The van der Waals surface area contributed by atoms with Crippen LogP contribution in [0.15, 0.2) is 48.5 Å². The van der Waals surface area contributed by atoms with Gasteiger partial charge in [-0.2, -0.15) is 0 Å². The van der Waals surface area contributed by atoms with Gasteiger partial charge in [0.05, 0.1) is 0 Å². The number of benzene rings is 2. The molecule has 1 amide bonds. The Kier molecular flexibility index (Phi) is 3.47. The van der Waals surface area contributed by atoms with Gasteiger partial charge in [0.2, 0.25) is 0 Å². The van der Waals surface area contributed by atoms with E-state index in [2.05, 4.69) is 0 Å². The van der Waals surface area contributed by atoms with Crippen molar-refractivity contribution >= 4 is 11.6 Å². The van der Waals surface area contributed by atoms with Crippen molar-refractivity contribution in [1.82, 2.24) is 0 Å². The zero-order chi connectivity index (χ0) is 15.0. The highest BCUT2D eigenvalue weighted by atomic mass is 19.1. The number of para-hydroxylation sites is 1. The number of carbonyl (C=O) groups excluding carboxylic acids is 1. The molecule has 1 aliphatic heterocycles. The first-order valence-corrected chi connectivity index (χ1v) is 7.01. The number of nitrogens with zero attached hydrogens (tertiary/aromatic N) is 1. The number of fused-ring (bicyclic) bond motifs is 1. The Morgan fingerprint density at radius 3 is 2.57 bits per heavy atom. The highest BCUT2D eigenvalue weighted by Crippen LogP contribution is 2.36. The van der Waals surface area contributed by atoms with E-state index in [0.29, 0.717) is 12.0 Å². The third-order valence-electron chi connectivity index (χ3n) is 3.94. The van der Waals surface area contributed by atoms with Gasteiger partial charge in [-0.3, -0.25) is 4.79 Å². The summed E-state index contributed by atoms with van der Waals surface area (Å²) in [6.45, 7) is 1.98. The molecule has 3 nitrogen and oxygen atoms in total. The lowest BCUT2D eigenvalue weighted by atomic mass is 9.92. The lowest BCUT2D eigenvalue weighted by Crippen LogP contribution is -2.44. The molecule has 0 bridgehead atoms. The number of anilines is 1. The van der Waals surface area contributed by atoms with E-state index in [-0.39, 0.29) is 23.8 Å². The molecule has 0 saturated heterocycles. The molecule has 0 saturated carbocycles. The van der Waals surface area contributed by atoms with Crippen LogP contribution in [-0.4, -0.2) is 11.9 Å². The Balaban J connectivity index is 2.03. The molecule has 21 heavy (non-hydrogen) atoms. The minimum Gasteiger partial charge on any atom is -0.324 e. The summed E-state index contributed by atoms with van der Waals surface area (Å²) in [5, 5.41) is 0. The Labute approximate surface area is 123 Å². The van der Waals surface area contributed by atoms with Gasteiger partial charge in [-0.05, 0) is 49.2 Å². The first kappa shape index (κ1) is 13.8. The standard InChI is InChI=1S/C17H17FN2O/c1-11-10-15(19)14-4-2-3-5-16(14)20(11)17(21)12-6-8-13(18)9-7-12/h2-9,11,15H,10,19H2,1H3/t11-,15-/m1/s1. The van der Waals surface area contributed by atoms with Crippen LogP contribution in [0.2, 0.25) is 0 Å². The largest absolute Gasteiger partial charge is 0.324 e. The Morgan fingerprint density at radius 2 is 1.86 bits per heavy atom. The van der Waals surface area contributed by atoms with Gasteiger partial charge in [-0.25, -0.2) is 4.39 Å². The molecule has 0 unspecified atom stereocenters. The van der Waals surface area contributed by atoms with E-state index < -0.39 is 0 Å². The van der Waals surface area contributed by atoms with E-state index in [0.717, 1.165) is 11.3 Å². The summed E-state index contributed by atoms with van der Waals surface area (Å²) >= 11 is 0. The zero-order valence-electron chi connectivity index (χ0n) is 11.8. The topological polar surface area (TPSA) is 46.3 Å². The maximum Gasteiger partial charge on any atom is 0.258 e. The van der Waals surface area contributed by atoms with Crippen molar-refractivity contribution in [3.05, 3.63) is 65.5 Å². The summed E-state index contributed by atoms with van der Waals surface area (Å²) in [4.78, 5) is 14.5. The van der Waals surface area contributed by atoms with Crippen LogP contribution in [0.5, 0.6) is 0 Å². The van der Waals surface area contributed by atoms with Gasteiger partial charge in [-0.1, -0.05) is 18.2 Å². The van der Waals surface area contributed by atoms with Crippen molar-refractivity contribution in [2.24, 2.45) is 5.73 Å². The average molecular weight is 284 g/mol. The second-order valence-electron chi connectivity index (χ2n) is 5.43. The van der Waals surface area contributed by atoms with E-state index in [1.165, 1.54) is 24.3 Å². The molecule has 108 valence electrons. The Hall–Kier alpha value is -2.20. The van der Waals surface area contributed by atoms with Crippen LogP contribution >= 0.6 is 0 Å². The van der Waals surface area contributed by atoms with Gasteiger partial charge in [0, 0.05) is 23.3 Å². The monoisotopic (exact) mass is 284 g/mol. The molecular weight excluding hydrogens is 267 g/mol. The molecule has 1 aliphatic rings. The second-order valence-corrected chi connectivity index (χ2v) is 5.43. The van der Waals surface area contributed by atoms with Gasteiger partial charge in [0.25, 0.3) is 5.91 Å². The number of hydrogen-bond acceptors (Lipinski definition) is 2. The summed E-state index contributed by atoms with van der Waals surface area (Å²) in [5.41, 5.74) is 8.47. The second kappa shape index (κ2) is 5.30. The molecule has 0 spiro atoms. The Bertz CT molecular complexity index is 669. The number of carbonyl (C=O) groups is 1. The van der Waals surface area contributed by atoms with Crippen molar-refractivity contribution in [3.8, 4) is 0 Å². The molecule has 3 rings (SSSR count). The summed E-state index contributed by atoms with van der Waals surface area (Å²) < 4.78 is 13.0. The summed E-state index contributed by atoms with van der Waals surface area (Å²) in [7, 11) is 0. The van der Waals surface area contributed by atoms with E-state index >= 15 is 0 Å². The predicted molar refractivity (Wildman–Crippen MR) is 80.7 cm³/mol. The fourth-order valence-corrected chi connectivity index (χ4v) is 2.90. The maximum absolute atomic E-state index is 13.0. The average Bonchev–Trinajstić information content (AvgIpc) is 2.48. The van der Waals surface area contributed by atoms with E-state index in [1.54, 1.807) is 4.90 Å². The summed E-state index contributed by atoms with van der Waals surface area (Å²) in [6, 6.07) is 13.3. The lowest BCUT2D eigenvalue weighted by molar-refractivity contribution is 0.0973. The summed E-state index contributed by atoms with van der Waals surface area (Å²) in [6.07, 6.45) is 0.712. The molecule has 2 aromatic rings. The van der Waals surface area contributed by atoms with Gasteiger partial charge in [0.1, 0.15) is 5.82 Å². The van der Waals surface area contributed by atoms with Crippen LogP contribution < -0.4 is 10.6 Å². The molecule has 0 fully saturated rings. The fourth-order valence-electron chi connectivity index (χ4n) is 2.90. The van der Waals surface area contributed by atoms with Crippen molar-refractivity contribution < 1.29 is 9.18 Å². The molecule has 2 aromatic carbocycles. The van der Waals surface area contributed by atoms with Crippen LogP contribution in [0.4, 0.5) is 10.1 Å². The zero-order valence-corrected chi connectivity index (χ0v) is 11.8. The number of rotatable bonds is 1. The number of amides is 1. The normalized spacial score (nSPS) is 21.0. The van der Waals surface area contributed by atoms with E-state index in [9.17, 15) is 9.18 Å². The van der Waals surface area contributed by atoms with Gasteiger partial charge >= 0.3 is 0 Å². The van der Waals surface area contributed by atoms with Crippen molar-refractivity contribution in [1.29, 1.82) is 0 Å². The van der Waals surface area contributed by atoms with Crippen LogP contribution in [0.25, 0.3) is 0 Å². The molecule has 1 heterocycles. The molecule has 2 atom stereocenters. The van der Waals surface area contributed by atoms with Crippen LogP contribution in [0, 0.1) is 5.82 Å². The van der Waals surface area contributed by atoms with Crippen LogP contribution in [-0.2, 0) is 0 Å². The minimum absolute atomic E-state index is 0.00690. The lowest BCUT2D eigenvalue weighted by Gasteiger charge is -2.38. The van der Waals surface area contributed by atoms with Crippen LogP contribution in [0.3, 0.4) is 0 Å². The van der Waals surface area contributed by atoms with Crippen molar-refractivity contribution in [2.75, 3.05) is 4.90 Å². The smallest absolute Gasteiger partial charge is 0.258 e. The molecule has 0 aliphatic carbocycles. The fraction of sp³-hybridized carbons (Fsp3) is 0.235. The predicted octanol–water partition coefficient (Wildman–Crippen LogP) is 3.26. The minimum atomic E-state index is -0.347. The first-order valence-electron chi connectivity index (χ1n) is 7.01. The maximum atomic E-state index is 13.0. The molecule has 0 aromatic heterocycles. The highest BCUT2D eigenvalue weighted by Gasteiger charge is 2.32. The Morgan fingerprint density at radius 1 is 1.19 bits per heavy atom. The highest BCUT2D eigenvalue weighted by molar-refractivity contribution is 6.07. The quantitative estimate of drug-likeness (QED) is 0.873. The van der Waals surface area contributed by atoms with E-state index in [1.807, 2.05) is 31.2 Å². The number of nitrogens with two attached hydrogens (primary N) is 1. The van der Waals surface area contributed by atoms with Crippen LogP contribution in [0.1, 0.15) is 35.3 Å². The molecule has 2 N–H and O–H groups in total. The SMILES string of the molecule is C[C@@H]1C[C@@H](N)c2ccccc2N1C(=O)c1ccc(F)cc1. The molecule has 0 radical (unpaired) electrons.